The first-order chi connectivity index (χ1) is 12.6. The molecule has 3 rings (SSSR count). The second-order valence-corrected chi connectivity index (χ2v) is 8.79. The molecule has 2 aliphatic rings. The molecule has 1 saturated heterocycles. The minimum atomic E-state index is -3.53. The van der Waals surface area contributed by atoms with E-state index in [-0.39, 0.29) is 10.8 Å². The van der Waals surface area contributed by atoms with Gasteiger partial charge in [-0.15, -0.1) is 0 Å². The predicted octanol–water partition coefficient (Wildman–Crippen LogP) is 2.83. The normalized spacial score (nSPS) is 19.2. The number of sulfonamides is 1. The Morgan fingerprint density at radius 1 is 1.08 bits per heavy atom. The van der Waals surface area contributed by atoms with Crippen molar-refractivity contribution in [2.24, 2.45) is 0 Å². The summed E-state index contributed by atoms with van der Waals surface area (Å²) in [6.45, 7) is 1.65. The van der Waals surface area contributed by atoms with Gasteiger partial charge in [0.25, 0.3) is 0 Å². The van der Waals surface area contributed by atoms with Gasteiger partial charge in [-0.2, -0.15) is 0 Å². The van der Waals surface area contributed by atoms with Crippen LogP contribution in [0.5, 0.6) is 0 Å². The Labute approximate surface area is 156 Å². The van der Waals surface area contributed by atoms with Gasteiger partial charge in [0, 0.05) is 31.8 Å². The van der Waals surface area contributed by atoms with Crippen molar-refractivity contribution >= 4 is 21.6 Å². The Balaban J connectivity index is 1.44. The number of anilines is 1. The summed E-state index contributed by atoms with van der Waals surface area (Å²) in [6.07, 6.45) is 8.43. The van der Waals surface area contributed by atoms with Crippen LogP contribution in [0, 0.1) is 0 Å². The molecular formula is C19H28N2O4S. The van der Waals surface area contributed by atoms with Gasteiger partial charge in [-0.25, -0.2) is 13.1 Å². The maximum Gasteiger partial charge on any atom is 0.240 e. The van der Waals surface area contributed by atoms with Crippen molar-refractivity contribution in [1.82, 2.24) is 4.72 Å². The largest absolute Gasteiger partial charge is 0.378 e. The fraction of sp³-hybridized carbons (Fsp3) is 0.632. The standard InChI is InChI=1S/C19H28N2O4S/c22-19-8-4-14-21(19)16-9-11-18(12-10-16)26(23,24)20-13-5-15-25-17-6-2-1-3-7-17/h9-12,17,20H,1-8,13-15H2. The Hall–Kier alpha value is -1.44. The smallest absolute Gasteiger partial charge is 0.240 e. The lowest BCUT2D eigenvalue weighted by Gasteiger charge is -2.21. The van der Waals surface area contributed by atoms with E-state index < -0.39 is 10.0 Å². The Bertz CT molecular complexity index is 697. The monoisotopic (exact) mass is 380 g/mol. The summed E-state index contributed by atoms with van der Waals surface area (Å²) in [4.78, 5) is 13.7. The molecule has 1 N–H and O–H groups in total. The van der Waals surface area contributed by atoms with Crippen molar-refractivity contribution in [3.8, 4) is 0 Å². The molecule has 0 aromatic heterocycles. The molecule has 0 unspecified atom stereocenters. The van der Waals surface area contributed by atoms with Crippen molar-refractivity contribution in [3.63, 3.8) is 0 Å². The molecule has 26 heavy (non-hydrogen) atoms. The number of hydrogen-bond acceptors (Lipinski definition) is 4. The molecule has 7 heteroatoms. The summed E-state index contributed by atoms with van der Waals surface area (Å²) in [7, 11) is -3.53. The van der Waals surface area contributed by atoms with E-state index in [2.05, 4.69) is 4.72 Å². The van der Waals surface area contributed by atoms with Crippen molar-refractivity contribution in [3.05, 3.63) is 24.3 Å². The van der Waals surface area contributed by atoms with E-state index >= 15 is 0 Å². The van der Waals surface area contributed by atoms with Crippen LogP contribution in [0.2, 0.25) is 0 Å². The highest BCUT2D eigenvalue weighted by Gasteiger charge is 2.22. The fourth-order valence-corrected chi connectivity index (χ4v) is 4.64. The summed E-state index contributed by atoms with van der Waals surface area (Å²) < 4.78 is 33.2. The number of ether oxygens (including phenoxy) is 1. The molecule has 1 saturated carbocycles. The molecule has 0 radical (unpaired) electrons. The van der Waals surface area contributed by atoms with E-state index in [1.165, 1.54) is 19.3 Å². The fourth-order valence-electron chi connectivity index (χ4n) is 3.57. The van der Waals surface area contributed by atoms with Crippen molar-refractivity contribution < 1.29 is 17.9 Å². The second kappa shape index (κ2) is 8.97. The highest BCUT2D eigenvalue weighted by molar-refractivity contribution is 7.89. The predicted molar refractivity (Wildman–Crippen MR) is 101 cm³/mol. The van der Waals surface area contributed by atoms with Crippen LogP contribution in [0.25, 0.3) is 0 Å². The summed E-state index contributed by atoms with van der Waals surface area (Å²) in [5, 5.41) is 0. The van der Waals surface area contributed by atoms with Crippen LogP contribution in [0.3, 0.4) is 0 Å². The molecule has 0 spiro atoms. The molecule has 1 amide bonds. The number of rotatable bonds is 8. The van der Waals surface area contributed by atoms with Crippen LogP contribution in [0.1, 0.15) is 51.4 Å². The highest BCUT2D eigenvalue weighted by atomic mass is 32.2. The average Bonchev–Trinajstić information content (AvgIpc) is 3.08. The summed E-state index contributed by atoms with van der Waals surface area (Å²) in [6, 6.07) is 6.51. The zero-order chi connectivity index (χ0) is 18.4. The first-order valence-electron chi connectivity index (χ1n) is 9.58. The molecule has 1 aliphatic heterocycles. The van der Waals surface area contributed by atoms with E-state index in [4.69, 9.17) is 4.74 Å². The number of hydrogen-bond donors (Lipinski definition) is 1. The number of nitrogens with one attached hydrogen (secondary N) is 1. The molecule has 1 aromatic rings. The first-order valence-corrected chi connectivity index (χ1v) is 11.1. The van der Waals surface area contributed by atoms with E-state index in [1.807, 2.05) is 0 Å². The van der Waals surface area contributed by atoms with Crippen molar-refractivity contribution in [2.45, 2.75) is 62.4 Å². The highest BCUT2D eigenvalue weighted by Crippen LogP contribution is 2.23. The lowest BCUT2D eigenvalue weighted by molar-refractivity contribution is -0.117. The Morgan fingerprint density at radius 2 is 1.81 bits per heavy atom. The van der Waals surface area contributed by atoms with Gasteiger partial charge in [-0.05, 0) is 49.9 Å². The average molecular weight is 381 g/mol. The van der Waals surface area contributed by atoms with Crippen LogP contribution in [-0.2, 0) is 19.6 Å². The van der Waals surface area contributed by atoms with Gasteiger partial charge < -0.3 is 9.64 Å². The SMILES string of the molecule is O=C1CCCN1c1ccc(S(=O)(=O)NCCCOC2CCCCC2)cc1. The van der Waals surface area contributed by atoms with E-state index in [0.29, 0.717) is 38.6 Å². The molecular weight excluding hydrogens is 352 g/mol. The van der Waals surface area contributed by atoms with Gasteiger partial charge in [-0.1, -0.05) is 19.3 Å². The molecule has 1 aliphatic carbocycles. The quantitative estimate of drug-likeness (QED) is 0.704. The first kappa shape index (κ1) is 19.3. The van der Waals surface area contributed by atoms with Crippen LogP contribution < -0.4 is 9.62 Å². The van der Waals surface area contributed by atoms with E-state index in [1.54, 1.807) is 29.2 Å². The van der Waals surface area contributed by atoms with Gasteiger partial charge in [0.1, 0.15) is 0 Å². The number of carbonyl (C=O) groups is 1. The molecule has 1 aromatic carbocycles. The maximum atomic E-state index is 12.4. The molecule has 6 nitrogen and oxygen atoms in total. The van der Waals surface area contributed by atoms with Gasteiger partial charge >= 0.3 is 0 Å². The van der Waals surface area contributed by atoms with Gasteiger partial charge in [0.15, 0.2) is 0 Å². The zero-order valence-electron chi connectivity index (χ0n) is 15.2. The molecule has 144 valence electrons. The van der Waals surface area contributed by atoms with Crippen LogP contribution >= 0.6 is 0 Å². The Morgan fingerprint density at radius 3 is 2.46 bits per heavy atom. The zero-order valence-corrected chi connectivity index (χ0v) is 16.0. The van der Waals surface area contributed by atoms with E-state index in [0.717, 1.165) is 24.9 Å². The third-order valence-electron chi connectivity index (χ3n) is 5.05. The van der Waals surface area contributed by atoms with Crippen LogP contribution in [0.4, 0.5) is 5.69 Å². The maximum absolute atomic E-state index is 12.4. The van der Waals surface area contributed by atoms with Gasteiger partial charge in [0.05, 0.1) is 11.0 Å². The molecule has 0 atom stereocenters. The molecule has 2 fully saturated rings. The summed E-state index contributed by atoms with van der Waals surface area (Å²) >= 11 is 0. The van der Waals surface area contributed by atoms with Gasteiger partial charge in [0.2, 0.25) is 15.9 Å². The van der Waals surface area contributed by atoms with Crippen molar-refractivity contribution in [2.75, 3.05) is 24.6 Å². The molecule has 1 heterocycles. The Kier molecular flexibility index (Phi) is 6.67. The topological polar surface area (TPSA) is 75.7 Å². The third-order valence-corrected chi connectivity index (χ3v) is 6.53. The summed E-state index contributed by atoms with van der Waals surface area (Å²) in [5.74, 6) is 0.0942. The van der Waals surface area contributed by atoms with E-state index in [9.17, 15) is 13.2 Å². The third kappa shape index (κ3) is 5.05. The second-order valence-electron chi connectivity index (χ2n) is 7.02. The minimum Gasteiger partial charge on any atom is -0.378 e. The number of carbonyl (C=O) groups excluding carboxylic acids is 1. The van der Waals surface area contributed by atoms with Crippen molar-refractivity contribution in [1.29, 1.82) is 0 Å². The minimum absolute atomic E-state index is 0.0942. The number of nitrogens with zero attached hydrogens (tertiary/aromatic N) is 1. The lowest BCUT2D eigenvalue weighted by atomic mass is 9.98. The summed E-state index contributed by atoms with van der Waals surface area (Å²) in [5.41, 5.74) is 0.757. The van der Waals surface area contributed by atoms with Crippen LogP contribution in [0.15, 0.2) is 29.2 Å². The van der Waals surface area contributed by atoms with Crippen LogP contribution in [-0.4, -0.2) is 40.1 Å². The lowest BCUT2D eigenvalue weighted by Crippen LogP contribution is -2.27. The number of amides is 1. The molecule has 0 bridgehead atoms. The van der Waals surface area contributed by atoms with Gasteiger partial charge in [-0.3, -0.25) is 4.79 Å². The number of benzene rings is 1.